The van der Waals surface area contributed by atoms with Crippen LogP contribution in [0.1, 0.15) is 13.2 Å². The number of aliphatic hydroxyl groups excluding tert-OH is 1. The number of aromatic amines is 1. The second-order valence-corrected chi connectivity index (χ2v) is 4.33. The molecule has 0 amide bonds. The average molecular weight is 244 g/mol. The van der Waals surface area contributed by atoms with Gasteiger partial charge in [0.2, 0.25) is 0 Å². The minimum Gasteiger partial charge on any atom is -0.388 e. The molecule has 0 bridgehead atoms. The SMILES string of the molecule is C[C@@]1(O)C(O)CO[C@H]1n1ccc(=O)[nH]c1=S. The number of nitrogens with one attached hydrogen (secondary N) is 1. The lowest BCUT2D eigenvalue weighted by Crippen LogP contribution is -2.42. The van der Waals surface area contributed by atoms with Crippen LogP contribution < -0.4 is 5.56 Å². The van der Waals surface area contributed by atoms with Crippen molar-refractivity contribution in [3.05, 3.63) is 27.4 Å². The van der Waals surface area contributed by atoms with Gasteiger partial charge in [-0.15, -0.1) is 0 Å². The van der Waals surface area contributed by atoms with Crippen LogP contribution in [0, 0.1) is 4.77 Å². The number of hydrogen-bond acceptors (Lipinski definition) is 5. The van der Waals surface area contributed by atoms with E-state index in [2.05, 4.69) is 4.98 Å². The van der Waals surface area contributed by atoms with Crippen molar-refractivity contribution in [3.8, 4) is 0 Å². The maximum Gasteiger partial charge on any atom is 0.251 e. The van der Waals surface area contributed by atoms with E-state index in [1.165, 1.54) is 23.8 Å². The van der Waals surface area contributed by atoms with Crippen LogP contribution in [0.5, 0.6) is 0 Å². The summed E-state index contributed by atoms with van der Waals surface area (Å²) < 4.78 is 6.82. The van der Waals surface area contributed by atoms with Gasteiger partial charge >= 0.3 is 0 Å². The maximum atomic E-state index is 11.0. The largest absolute Gasteiger partial charge is 0.388 e. The Morgan fingerprint density at radius 2 is 2.44 bits per heavy atom. The summed E-state index contributed by atoms with van der Waals surface area (Å²) in [6.45, 7) is 1.49. The Labute approximate surface area is 96.1 Å². The molecule has 0 aromatic carbocycles. The molecular weight excluding hydrogens is 232 g/mol. The van der Waals surface area contributed by atoms with E-state index in [9.17, 15) is 15.0 Å². The van der Waals surface area contributed by atoms with Crippen molar-refractivity contribution in [1.82, 2.24) is 9.55 Å². The molecular formula is C9H12N2O4S. The molecule has 2 rings (SSSR count). The molecule has 7 heteroatoms. The van der Waals surface area contributed by atoms with E-state index in [1.807, 2.05) is 0 Å². The third-order valence-electron chi connectivity index (χ3n) is 2.69. The lowest BCUT2D eigenvalue weighted by Gasteiger charge is -2.27. The quantitative estimate of drug-likeness (QED) is 0.582. The van der Waals surface area contributed by atoms with E-state index >= 15 is 0 Å². The molecule has 1 unspecified atom stereocenters. The summed E-state index contributed by atoms with van der Waals surface area (Å²) in [7, 11) is 0. The van der Waals surface area contributed by atoms with E-state index in [0.717, 1.165) is 0 Å². The predicted octanol–water partition coefficient (Wildman–Crippen LogP) is -0.453. The Morgan fingerprint density at radius 1 is 1.75 bits per heavy atom. The molecule has 0 aliphatic carbocycles. The van der Waals surface area contributed by atoms with E-state index in [4.69, 9.17) is 17.0 Å². The number of hydrogen-bond donors (Lipinski definition) is 3. The molecule has 6 nitrogen and oxygen atoms in total. The van der Waals surface area contributed by atoms with Crippen molar-refractivity contribution < 1.29 is 14.9 Å². The zero-order valence-corrected chi connectivity index (χ0v) is 9.40. The van der Waals surface area contributed by atoms with Gasteiger partial charge in [0.05, 0.1) is 6.61 Å². The number of ether oxygens (including phenoxy) is 1. The van der Waals surface area contributed by atoms with E-state index in [-0.39, 0.29) is 16.9 Å². The smallest absolute Gasteiger partial charge is 0.251 e. The van der Waals surface area contributed by atoms with Gasteiger partial charge in [-0.1, -0.05) is 0 Å². The summed E-state index contributed by atoms with van der Waals surface area (Å²) in [4.78, 5) is 13.4. The van der Waals surface area contributed by atoms with Crippen molar-refractivity contribution in [1.29, 1.82) is 0 Å². The normalized spacial score (nSPS) is 34.2. The number of nitrogens with zero attached hydrogens (tertiary/aromatic N) is 1. The lowest BCUT2D eigenvalue weighted by atomic mass is 10.0. The highest BCUT2D eigenvalue weighted by Crippen LogP contribution is 2.33. The second-order valence-electron chi connectivity index (χ2n) is 3.94. The van der Waals surface area contributed by atoms with Gasteiger partial charge in [-0.2, -0.15) is 0 Å². The van der Waals surface area contributed by atoms with Gasteiger partial charge in [-0.05, 0) is 19.1 Å². The van der Waals surface area contributed by atoms with Crippen molar-refractivity contribution in [2.75, 3.05) is 6.61 Å². The fourth-order valence-electron chi connectivity index (χ4n) is 1.66. The molecule has 0 saturated carbocycles. The van der Waals surface area contributed by atoms with Crippen LogP contribution in [0.4, 0.5) is 0 Å². The molecule has 1 aromatic heterocycles. The molecule has 0 spiro atoms. The lowest BCUT2D eigenvalue weighted by molar-refractivity contribution is -0.0949. The van der Waals surface area contributed by atoms with Crippen molar-refractivity contribution in [2.45, 2.75) is 24.9 Å². The number of aromatic nitrogens is 2. The summed E-state index contributed by atoms with van der Waals surface area (Å²) >= 11 is 4.95. The zero-order chi connectivity index (χ0) is 11.9. The highest BCUT2D eigenvalue weighted by Gasteiger charge is 2.47. The molecule has 1 aromatic rings. The molecule has 88 valence electrons. The van der Waals surface area contributed by atoms with Crippen LogP contribution in [-0.2, 0) is 4.74 Å². The van der Waals surface area contributed by atoms with Crippen LogP contribution in [0.25, 0.3) is 0 Å². The topological polar surface area (TPSA) is 87.5 Å². The van der Waals surface area contributed by atoms with E-state index in [1.54, 1.807) is 0 Å². The predicted molar refractivity (Wildman–Crippen MR) is 57.5 cm³/mol. The maximum absolute atomic E-state index is 11.0. The van der Waals surface area contributed by atoms with Crippen LogP contribution in [-0.4, -0.2) is 38.1 Å². The fourth-order valence-corrected chi connectivity index (χ4v) is 1.92. The minimum atomic E-state index is -1.43. The Morgan fingerprint density at radius 3 is 2.94 bits per heavy atom. The van der Waals surface area contributed by atoms with E-state index in [0.29, 0.717) is 0 Å². The van der Waals surface area contributed by atoms with Crippen LogP contribution >= 0.6 is 12.2 Å². The van der Waals surface area contributed by atoms with Gasteiger partial charge in [-0.25, -0.2) is 0 Å². The first-order valence-electron chi connectivity index (χ1n) is 4.76. The minimum absolute atomic E-state index is 0.0264. The fraction of sp³-hybridized carbons (Fsp3) is 0.556. The second kappa shape index (κ2) is 3.77. The number of aliphatic hydroxyl groups is 2. The van der Waals surface area contributed by atoms with E-state index < -0.39 is 17.9 Å². The van der Waals surface area contributed by atoms with Crippen molar-refractivity contribution >= 4 is 12.2 Å². The Bertz CT molecular complexity index is 507. The van der Waals surface area contributed by atoms with Crippen molar-refractivity contribution in [2.24, 2.45) is 0 Å². The van der Waals surface area contributed by atoms with Gasteiger partial charge in [-0.3, -0.25) is 14.3 Å². The Kier molecular flexibility index (Phi) is 2.70. The zero-order valence-electron chi connectivity index (χ0n) is 8.58. The summed E-state index contributed by atoms with van der Waals surface area (Å²) in [6.07, 6.45) is -0.351. The summed E-state index contributed by atoms with van der Waals surface area (Å²) in [5.74, 6) is 0. The molecule has 1 aliphatic rings. The molecule has 3 atom stereocenters. The van der Waals surface area contributed by atoms with Gasteiger partial charge in [0, 0.05) is 12.3 Å². The van der Waals surface area contributed by atoms with Gasteiger partial charge in [0.1, 0.15) is 11.7 Å². The van der Waals surface area contributed by atoms with Gasteiger partial charge in [0.25, 0.3) is 5.56 Å². The Hall–Kier alpha value is -1.02. The average Bonchev–Trinajstić information content (AvgIpc) is 2.44. The summed E-state index contributed by atoms with van der Waals surface area (Å²) in [6, 6.07) is 1.28. The first-order valence-corrected chi connectivity index (χ1v) is 5.17. The van der Waals surface area contributed by atoms with Crippen LogP contribution in [0.2, 0.25) is 0 Å². The van der Waals surface area contributed by atoms with Crippen molar-refractivity contribution in [3.63, 3.8) is 0 Å². The highest BCUT2D eigenvalue weighted by molar-refractivity contribution is 7.71. The molecule has 1 fully saturated rings. The highest BCUT2D eigenvalue weighted by atomic mass is 32.1. The summed E-state index contributed by atoms with van der Waals surface area (Å²) in [5, 5.41) is 19.6. The van der Waals surface area contributed by atoms with Gasteiger partial charge < -0.3 is 14.9 Å². The first-order chi connectivity index (χ1) is 7.43. The third kappa shape index (κ3) is 1.71. The summed E-state index contributed by atoms with van der Waals surface area (Å²) in [5.41, 5.74) is -1.75. The molecule has 1 aliphatic heterocycles. The molecule has 16 heavy (non-hydrogen) atoms. The molecule has 2 heterocycles. The number of H-pyrrole nitrogens is 1. The molecule has 1 saturated heterocycles. The molecule has 0 radical (unpaired) electrons. The van der Waals surface area contributed by atoms with Crippen LogP contribution in [0.3, 0.4) is 0 Å². The Balaban J connectivity index is 2.46. The van der Waals surface area contributed by atoms with Crippen LogP contribution in [0.15, 0.2) is 17.1 Å². The first kappa shape index (κ1) is 11.5. The monoisotopic (exact) mass is 244 g/mol. The third-order valence-corrected chi connectivity index (χ3v) is 3.00. The number of rotatable bonds is 1. The standard InChI is InChI=1S/C9H12N2O4S/c1-9(14)5(12)4-15-7(9)11-3-2-6(13)10-8(11)16/h2-3,5,7,12,14H,4H2,1H3,(H,10,13,16)/t5?,7-,9-/m1/s1. The van der Waals surface area contributed by atoms with Gasteiger partial charge in [0.15, 0.2) is 11.0 Å². The molecule has 3 N–H and O–H groups in total.